The van der Waals surface area contributed by atoms with E-state index in [4.69, 9.17) is 5.73 Å². The molecule has 0 heterocycles. The van der Waals surface area contributed by atoms with Gasteiger partial charge < -0.3 is 21.0 Å². The Labute approximate surface area is 109 Å². The first kappa shape index (κ1) is 12.6. The van der Waals surface area contributed by atoms with Crippen molar-refractivity contribution in [2.75, 3.05) is 11.1 Å². The number of carbonyl (C=O) groups excluding carboxylic acids is 2. The number of carboxylic acids is 1. The third-order valence-electron chi connectivity index (χ3n) is 2.61. The van der Waals surface area contributed by atoms with Crippen molar-refractivity contribution in [2.45, 2.75) is 0 Å². The molecule has 0 saturated carbocycles. The Morgan fingerprint density at radius 1 is 0.947 bits per heavy atom. The van der Waals surface area contributed by atoms with Crippen LogP contribution in [-0.2, 0) is 9.59 Å². The molecule has 0 aromatic heterocycles. The molecule has 96 valence electrons. The fraction of sp³-hybridized carbons (Fsp3) is 0. The zero-order chi connectivity index (χ0) is 13.8. The number of aliphatic carboxylic acids is 1. The maximum atomic E-state index is 11.2. The summed E-state index contributed by atoms with van der Waals surface area (Å²) in [6, 6.07) is 13.9. The number of nitrogens with one attached hydrogen (secondary N) is 1. The third-order valence-corrected chi connectivity index (χ3v) is 2.61. The summed E-state index contributed by atoms with van der Waals surface area (Å²) in [5, 5.41) is 12.7. The number of amides is 1. The minimum Gasteiger partial charge on any atom is -0.540 e. The first-order chi connectivity index (χ1) is 9.09. The molecule has 5 heteroatoms. The van der Waals surface area contributed by atoms with Crippen LogP contribution < -0.4 is 16.2 Å². The molecule has 2 rings (SSSR count). The summed E-state index contributed by atoms with van der Waals surface area (Å²) in [7, 11) is 0. The van der Waals surface area contributed by atoms with Gasteiger partial charge in [0, 0.05) is 22.5 Å². The molecular formula is C14H11N2O3-. The predicted molar refractivity (Wildman–Crippen MR) is 69.9 cm³/mol. The molecule has 1 amide bonds. The third kappa shape index (κ3) is 2.71. The van der Waals surface area contributed by atoms with Gasteiger partial charge in [-0.05, 0) is 12.1 Å². The van der Waals surface area contributed by atoms with Crippen LogP contribution in [0.2, 0.25) is 0 Å². The number of benzene rings is 2. The Morgan fingerprint density at radius 3 is 2.16 bits per heavy atom. The van der Waals surface area contributed by atoms with E-state index < -0.39 is 11.9 Å². The normalized spacial score (nSPS) is 9.89. The molecule has 19 heavy (non-hydrogen) atoms. The van der Waals surface area contributed by atoms with E-state index in [9.17, 15) is 14.7 Å². The van der Waals surface area contributed by atoms with Crippen molar-refractivity contribution >= 4 is 23.3 Å². The van der Waals surface area contributed by atoms with Gasteiger partial charge in [-0.3, -0.25) is 4.79 Å². The number of rotatable bonds is 2. The van der Waals surface area contributed by atoms with Crippen LogP contribution in [0.4, 0.5) is 11.4 Å². The van der Waals surface area contributed by atoms with Crippen LogP contribution in [0.3, 0.4) is 0 Å². The maximum Gasteiger partial charge on any atom is 0.271 e. The second kappa shape index (κ2) is 5.22. The lowest BCUT2D eigenvalue weighted by Gasteiger charge is -2.13. The van der Waals surface area contributed by atoms with Gasteiger partial charge in [0.05, 0.1) is 0 Å². The van der Waals surface area contributed by atoms with Gasteiger partial charge in [0.2, 0.25) is 0 Å². The van der Waals surface area contributed by atoms with E-state index in [1.807, 2.05) is 6.07 Å². The van der Waals surface area contributed by atoms with E-state index in [-0.39, 0.29) is 0 Å². The molecule has 3 N–H and O–H groups in total. The fourth-order valence-electron chi connectivity index (χ4n) is 1.74. The van der Waals surface area contributed by atoms with E-state index >= 15 is 0 Å². The summed E-state index contributed by atoms with van der Waals surface area (Å²) in [5.41, 5.74) is 8.15. The molecule has 5 nitrogen and oxygen atoms in total. The smallest absolute Gasteiger partial charge is 0.271 e. The van der Waals surface area contributed by atoms with Crippen LogP contribution in [0.15, 0.2) is 48.5 Å². The Balaban J connectivity index is 2.45. The zero-order valence-electron chi connectivity index (χ0n) is 9.92. The first-order valence-electron chi connectivity index (χ1n) is 5.56. The van der Waals surface area contributed by atoms with E-state index in [1.54, 1.807) is 42.5 Å². The Bertz CT molecular complexity index is 638. The highest BCUT2D eigenvalue weighted by atomic mass is 16.4. The first-order valence-corrected chi connectivity index (χ1v) is 5.56. The van der Waals surface area contributed by atoms with Crippen molar-refractivity contribution in [3.8, 4) is 11.1 Å². The lowest BCUT2D eigenvalue weighted by molar-refractivity contribution is -0.299. The van der Waals surface area contributed by atoms with Crippen molar-refractivity contribution < 1.29 is 14.7 Å². The minimum atomic E-state index is -1.78. The number of nitrogen functional groups attached to an aromatic ring is 1. The van der Waals surface area contributed by atoms with Crippen molar-refractivity contribution in [1.29, 1.82) is 0 Å². The van der Waals surface area contributed by atoms with E-state index in [2.05, 4.69) is 5.32 Å². The molecule has 0 bridgehead atoms. The largest absolute Gasteiger partial charge is 0.540 e. The van der Waals surface area contributed by atoms with E-state index in [1.165, 1.54) is 0 Å². The van der Waals surface area contributed by atoms with Gasteiger partial charge in [0.15, 0.2) is 0 Å². The number of anilines is 2. The standard InChI is InChI=1S/C14H12N2O3/c15-11-7-3-1-5-9(11)10-6-2-4-8-12(10)16-13(17)14(18)19/h1-8H,15H2,(H,16,17)(H,18,19)/p-1. The molecule has 0 spiro atoms. The summed E-state index contributed by atoms with van der Waals surface area (Å²) in [6.45, 7) is 0. The van der Waals surface area contributed by atoms with Crippen molar-refractivity contribution in [3.63, 3.8) is 0 Å². The van der Waals surface area contributed by atoms with Crippen molar-refractivity contribution in [1.82, 2.24) is 0 Å². The molecule has 0 aliphatic heterocycles. The van der Waals surface area contributed by atoms with Gasteiger partial charge in [-0.25, -0.2) is 0 Å². The average Bonchev–Trinajstić information content (AvgIpc) is 2.40. The van der Waals surface area contributed by atoms with Crippen molar-refractivity contribution in [3.05, 3.63) is 48.5 Å². The van der Waals surface area contributed by atoms with Crippen LogP contribution in [0.25, 0.3) is 11.1 Å². The minimum absolute atomic E-state index is 0.370. The summed E-state index contributed by atoms with van der Waals surface area (Å²) < 4.78 is 0. The predicted octanol–water partition coefficient (Wildman–Crippen LogP) is 0.624. The van der Waals surface area contributed by atoms with Crippen molar-refractivity contribution in [2.24, 2.45) is 0 Å². The highest BCUT2D eigenvalue weighted by Crippen LogP contribution is 2.31. The highest BCUT2D eigenvalue weighted by molar-refractivity contribution is 6.35. The van der Waals surface area contributed by atoms with Gasteiger partial charge in [-0.1, -0.05) is 36.4 Å². The molecular weight excluding hydrogens is 244 g/mol. The number of hydrogen-bond acceptors (Lipinski definition) is 4. The van der Waals surface area contributed by atoms with E-state index in [0.29, 0.717) is 16.9 Å². The summed E-state index contributed by atoms with van der Waals surface area (Å²) in [5.74, 6) is -2.97. The van der Waals surface area contributed by atoms with Crippen LogP contribution in [0.1, 0.15) is 0 Å². The maximum absolute atomic E-state index is 11.2. The lowest BCUT2D eigenvalue weighted by Crippen LogP contribution is -2.36. The zero-order valence-corrected chi connectivity index (χ0v) is 9.92. The van der Waals surface area contributed by atoms with Crippen LogP contribution >= 0.6 is 0 Å². The molecule has 0 atom stereocenters. The second-order valence-corrected chi connectivity index (χ2v) is 3.87. The summed E-state index contributed by atoms with van der Waals surface area (Å²) in [6.07, 6.45) is 0. The monoisotopic (exact) mass is 255 g/mol. The summed E-state index contributed by atoms with van der Waals surface area (Å²) >= 11 is 0. The second-order valence-electron chi connectivity index (χ2n) is 3.87. The van der Waals surface area contributed by atoms with Gasteiger partial charge >= 0.3 is 0 Å². The molecule has 0 unspecified atom stereocenters. The topological polar surface area (TPSA) is 95.2 Å². The number of para-hydroxylation sites is 2. The fourth-order valence-corrected chi connectivity index (χ4v) is 1.74. The van der Waals surface area contributed by atoms with Crippen LogP contribution in [-0.4, -0.2) is 11.9 Å². The van der Waals surface area contributed by atoms with Gasteiger partial charge in [-0.2, -0.15) is 0 Å². The molecule has 0 aliphatic rings. The lowest BCUT2D eigenvalue weighted by atomic mass is 10.0. The SMILES string of the molecule is Nc1ccccc1-c1ccccc1NC(=O)C(=O)[O-]. The van der Waals surface area contributed by atoms with Gasteiger partial charge in [-0.15, -0.1) is 0 Å². The molecule has 0 fully saturated rings. The highest BCUT2D eigenvalue weighted by Gasteiger charge is 2.10. The number of carbonyl (C=O) groups is 2. The van der Waals surface area contributed by atoms with Gasteiger partial charge in [0.25, 0.3) is 5.91 Å². The number of nitrogens with two attached hydrogens (primary N) is 1. The Kier molecular flexibility index (Phi) is 3.47. The summed E-state index contributed by atoms with van der Waals surface area (Å²) in [4.78, 5) is 21.6. The molecule has 2 aromatic rings. The number of carboxylic acid groups (broad SMARTS) is 1. The van der Waals surface area contributed by atoms with Crippen LogP contribution in [0, 0.1) is 0 Å². The molecule has 2 aromatic carbocycles. The molecule has 0 aliphatic carbocycles. The Morgan fingerprint density at radius 2 is 1.53 bits per heavy atom. The molecule has 0 radical (unpaired) electrons. The molecule has 0 saturated heterocycles. The number of hydrogen-bond donors (Lipinski definition) is 2. The quantitative estimate of drug-likeness (QED) is 0.607. The Hall–Kier alpha value is -2.82. The van der Waals surface area contributed by atoms with E-state index in [0.717, 1.165) is 5.56 Å². The van der Waals surface area contributed by atoms with Crippen LogP contribution in [0.5, 0.6) is 0 Å². The average molecular weight is 255 g/mol. The van der Waals surface area contributed by atoms with Gasteiger partial charge in [0.1, 0.15) is 5.97 Å².